The molecule has 1 rings (SSSR count). The van der Waals surface area contributed by atoms with Gasteiger partial charge in [-0.2, -0.15) is 0 Å². The number of hydrogen-bond donors (Lipinski definition) is 2. The van der Waals surface area contributed by atoms with Crippen LogP contribution in [0.3, 0.4) is 0 Å². The Kier molecular flexibility index (Phi) is 2.87. The van der Waals surface area contributed by atoms with E-state index in [0.717, 1.165) is 26.1 Å². The zero-order valence-corrected chi connectivity index (χ0v) is 7.05. The van der Waals surface area contributed by atoms with Crippen LogP contribution in [0, 0.1) is 5.92 Å². The number of rotatable bonds is 3. The van der Waals surface area contributed by atoms with Crippen molar-refractivity contribution in [1.82, 2.24) is 0 Å². The maximum Gasteiger partial charge on any atom is 0.0608 e. The molecule has 0 spiro atoms. The number of aliphatic hydroxyl groups is 1. The molecule has 0 amide bonds. The molecule has 0 saturated carbocycles. The number of nitrogens with two attached hydrogens (primary N) is 1. The summed E-state index contributed by atoms with van der Waals surface area (Å²) in [5, 5.41) is 8.89. The van der Waals surface area contributed by atoms with Crippen LogP contribution in [0.2, 0.25) is 0 Å². The summed E-state index contributed by atoms with van der Waals surface area (Å²) in [5.74, 6) is 0.553. The highest BCUT2D eigenvalue weighted by Gasteiger charge is 2.25. The molecule has 3 heteroatoms. The highest BCUT2D eigenvalue weighted by molar-refractivity contribution is 4.82. The molecule has 1 fully saturated rings. The normalized spacial score (nSPS) is 30.3. The fourth-order valence-corrected chi connectivity index (χ4v) is 1.47. The topological polar surface area (TPSA) is 55.5 Å². The predicted octanol–water partition coefficient (Wildman–Crippen LogP) is 0.123. The van der Waals surface area contributed by atoms with E-state index in [1.54, 1.807) is 0 Å². The highest BCUT2D eigenvalue weighted by atomic mass is 16.5. The minimum absolute atomic E-state index is 0.0590. The Bertz CT molecular complexity index is 119. The van der Waals surface area contributed by atoms with Crippen molar-refractivity contribution in [1.29, 1.82) is 0 Å². The smallest absolute Gasteiger partial charge is 0.0608 e. The molecule has 0 aromatic rings. The first kappa shape index (κ1) is 8.97. The van der Waals surface area contributed by atoms with E-state index in [4.69, 9.17) is 15.6 Å². The molecule has 2 unspecified atom stereocenters. The summed E-state index contributed by atoms with van der Waals surface area (Å²) in [7, 11) is 0. The van der Waals surface area contributed by atoms with Gasteiger partial charge in [-0.05, 0) is 25.7 Å². The Labute approximate surface area is 67.5 Å². The summed E-state index contributed by atoms with van der Waals surface area (Å²) in [6.45, 7) is 3.60. The van der Waals surface area contributed by atoms with Crippen molar-refractivity contribution >= 4 is 0 Å². The maximum atomic E-state index is 8.89. The van der Waals surface area contributed by atoms with Crippen LogP contribution in [0.1, 0.15) is 19.8 Å². The van der Waals surface area contributed by atoms with Gasteiger partial charge in [-0.1, -0.05) is 0 Å². The molecule has 0 bridgehead atoms. The first-order chi connectivity index (χ1) is 5.14. The van der Waals surface area contributed by atoms with Crippen molar-refractivity contribution in [3.05, 3.63) is 0 Å². The summed E-state index contributed by atoms with van der Waals surface area (Å²) in [6.07, 6.45) is 1.95. The Balaban J connectivity index is 2.28. The largest absolute Gasteiger partial charge is 0.394 e. The highest BCUT2D eigenvalue weighted by Crippen LogP contribution is 2.21. The molecule has 3 nitrogen and oxygen atoms in total. The van der Waals surface area contributed by atoms with Crippen molar-refractivity contribution in [2.24, 2.45) is 11.7 Å². The molecule has 2 atom stereocenters. The molecule has 3 N–H and O–H groups in total. The van der Waals surface area contributed by atoms with E-state index in [2.05, 4.69) is 0 Å². The molecular weight excluding hydrogens is 142 g/mol. The average Bonchev–Trinajstić information content (AvgIpc) is 2.39. The van der Waals surface area contributed by atoms with E-state index in [-0.39, 0.29) is 6.61 Å². The van der Waals surface area contributed by atoms with Crippen molar-refractivity contribution in [2.45, 2.75) is 25.3 Å². The monoisotopic (exact) mass is 159 g/mol. The predicted molar refractivity (Wildman–Crippen MR) is 43.2 cm³/mol. The van der Waals surface area contributed by atoms with Crippen LogP contribution >= 0.6 is 0 Å². The average molecular weight is 159 g/mol. The van der Waals surface area contributed by atoms with Crippen molar-refractivity contribution in [3.63, 3.8) is 0 Å². The van der Waals surface area contributed by atoms with Gasteiger partial charge < -0.3 is 15.6 Å². The quantitative estimate of drug-likeness (QED) is 0.615. The van der Waals surface area contributed by atoms with Crippen LogP contribution in [0.15, 0.2) is 0 Å². The van der Waals surface area contributed by atoms with E-state index in [9.17, 15) is 0 Å². The van der Waals surface area contributed by atoms with Crippen LogP contribution < -0.4 is 5.73 Å². The molecule has 0 aliphatic carbocycles. The third kappa shape index (κ3) is 2.77. The van der Waals surface area contributed by atoms with Crippen LogP contribution in [0.4, 0.5) is 0 Å². The van der Waals surface area contributed by atoms with Gasteiger partial charge >= 0.3 is 0 Å². The first-order valence-electron chi connectivity index (χ1n) is 4.11. The zero-order chi connectivity index (χ0) is 8.32. The second kappa shape index (κ2) is 3.52. The van der Waals surface area contributed by atoms with Gasteiger partial charge in [0.05, 0.1) is 6.61 Å². The lowest BCUT2D eigenvalue weighted by atomic mass is 9.90. The Morgan fingerprint density at radius 2 is 2.45 bits per heavy atom. The van der Waals surface area contributed by atoms with Crippen LogP contribution in [-0.2, 0) is 4.74 Å². The van der Waals surface area contributed by atoms with Gasteiger partial charge in [0.15, 0.2) is 0 Å². The van der Waals surface area contributed by atoms with Crippen molar-refractivity contribution < 1.29 is 9.84 Å². The maximum absolute atomic E-state index is 8.89. The van der Waals surface area contributed by atoms with E-state index in [0.29, 0.717) is 5.92 Å². The summed E-state index contributed by atoms with van der Waals surface area (Å²) < 4.78 is 5.21. The molecule has 0 radical (unpaired) electrons. The lowest BCUT2D eigenvalue weighted by Gasteiger charge is -2.24. The molecule has 0 aromatic carbocycles. The van der Waals surface area contributed by atoms with Gasteiger partial charge in [0, 0.05) is 18.8 Å². The molecule has 66 valence electrons. The van der Waals surface area contributed by atoms with E-state index in [1.807, 2.05) is 6.92 Å². The number of aliphatic hydroxyl groups excluding tert-OH is 1. The zero-order valence-electron chi connectivity index (χ0n) is 7.05. The standard InChI is InChI=1S/C8H17NO2/c1-8(9,6-10)4-7-2-3-11-5-7/h7,10H,2-6,9H2,1H3. The summed E-state index contributed by atoms with van der Waals surface area (Å²) in [4.78, 5) is 0. The van der Waals surface area contributed by atoms with E-state index in [1.165, 1.54) is 0 Å². The molecule has 11 heavy (non-hydrogen) atoms. The lowest BCUT2D eigenvalue weighted by molar-refractivity contribution is 0.156. The number of ether oxygens (including phenoxy) is 1. The van der Waals surface area contributed by atoms with Crippen molar-refractivity contribution in [2.75, 3.05) is 19.8 Å². The minimum atomic E-state index is -0.418. The Morgan fingerprint density at radius 1 is 1.73 bits per heavy atom. The minimum Gasteiger partial charge on any atom is -0.394 e. The number of hydrogen-bond acceptors (Lipinski definition) is 3. The molecule has 1 aliphatic heterocycles. The van der Waals surface area contributed by atoms with E-state index < -0.39 is 5.54 Å². The fraction of sp³-hybridized carbons (Fsp3) is 1.00. The second-order valence-electron chi connectivity index (χ2n) is 3.75. The molecule has 0 aromatic heterocycles. The Hall–Kier alpha value is -0.120. The molecule has 1 saturated heterocycles. The van der Waals surface area contributed by atoms with Crippen LogP contribution in [0.5, 0.6) is 0 Å². The molecule has 1 aliphatic rings. The van der Waals surface area contributed by atoms with Gasteiger partial charge in [-0.15, -0.1) is 0 Å². The van der Waals surface area contributed by atoms with Crippen LogP contribution in [0.25, 0.3) is 0 Å². The molecule has 1 heterocycles. The fourth-order valence-electron chi connectivity index (χ4n) is 1.47. The SMILES string of the molecule is CC(N)(CO)CC1CCOC1. The summed E-state index contributed by atoms with van der Waals surface area (Å²) in [6, 6.07) is 0. The summed E-state index contributed by atoms with van der Waals surface area (Å²) in [5.41, 5.74) is 5.37. The van der Waals surface area contributed by atoms with Crippen LogP contribution in [-0.4, -0.2) is 30.5 Å². The first-order valence-corrected chi connectivity index (χ1v) is 4.11. The van der Waals surface area contributed by atoms with Crippen molar-refractivity contribution in [3.8, 4) is 0 Å². The van der Waals surface area contributed by atoms with Gasteiger partial charge in [0.25, 0.3) is 0 Å². The summed E-state index contributed by atoms with van der Waals surface area (Å²) >= 11 is 0. The molecular formula is C8H17NO2. The van der Waals surface area contributed by atoms with Gasteiger partial charge in [-0.25, -0.2) is 0 Å². The second-order valence-corrected chi connectivity index (χ2v) is 3.75. The third-order valence-corrected chi connectivity index (χ3v) is 2.14. The van der Waals surface area contributed by atoms with Gasteiger partial charge in [0.1, 0.15) is 0 Å². The van der Waals surface area contributed by atoms with Gasteiger partial charge in [-0.3, -0.25) is 0 Å². The van der Waals surface area contributed by atoms with E-state index >= 15 is 0 Å². The van der Waals surface area contributed by atoms with Gasteiger partial charge in [0.2, 0.25) is 0 Å². The lowest BCUT2D eigenvalue weighted by Crippen LogP contribution is -2.42. The Morgan fingerprint density at radius 3 is 2.91 bits per heavy atom. The third-order valence-electron chi connectivity index (χ3n) is 2.14.